The van der Waals surface area contributed by atoms with Gasteiger partial charge in [0, 0.05) is 10.9 Å². The van der Waals surface area contributed by atoms with Gasteiger partial charge in [-0.25, -0.2) is 8.42 Å². The lowest BCUT2D eigenvalue weighted by molar-refractivity contribution is 0.601. The maximum absolute atomic E-state index is 11.8. The van der Waals surface area contributed by atoms with Gasteiger partial charge >= 0.3 is 0 Å². The molecule has 2 aliphatic rings. The Hall–Kier alpha value is -1.01. The number of hydrogen-bond donors (Lipinski definition) is 1. The highest BCUT2D eigenvalue weighted by Crippen LogP contribution is 2.40. The number of anilines is 1. The minimum atomic E-state index is -2.95. The number of rotatable bonds is 2. The van der Waals surface area contributed by atoms with Crippen molar-refractivity contribution in [1.82, 2.24) is 0 Å². The van der Waals surface area contributed by atoms with Gasteiger partial charge in [0.15, 0.2) is 15.0 Å². The fraction of sp³-hybridized carbons (Fsp3) is 0.500. The van der Waals surface area contributed by atoms with E-state index in [4.69, 9.17) is 5.41 Å². The molecular weight excluding hydrogens is 292 g/mol. The minimum absolute atomic E-state index is 0.0114. The highest BCUT2D eigenvalue weighted by Gasteiger charge is 2.48. The van der Waals surface area contributed by atoms with Gasteiger partial charge in [0.2, 0.25) is 0 Å². The van der Waals surface area contributed by atoms with E-state index < -0.39 is 9.84 Å². The zero-order valence-electron chi connectivity index (χ0n) is 11.5. The molecule has 0 saturated carbocycles. The third-order valence-corrected chi connectivity index (χ3v) is 7.05. The van der Waals surface area contributed by atoms with Crippen LogP contribution in [0.15, 0.2) is 24.3 Å². The van der Waals surface area contributed by atoms with Gasteiger partial charge < -0.3 is 4.90 Å². The van der Waals surface area contributed by atoms with Crippen molar-refractivity contribution >= 4 is 32.5 Å². The van der Waals surface area contributed by atoms with Crippen molar-refractivity contribution in [3.05, 3.63) is 29.8 Å². The Kier molecular flexibility index (Phi) is 3.33. The molecule has 0 amide bonds. The lowest BCUT2D eigenvalue weighted by Crippen LogP contribution is -2.37. The zero-order valence-corrected chi connectivity index (χ0v) is 13.2. The predicted octanol–water partition coefficient (Wildman–Crippen LogP) is 2.46. The van der Waals surface area contributed by atoms with Crippen LogP contribution in [0.1, 0.15) is 25.3 Å². The Labute approximate surface area is 124 Å². The van der Waals surface area contributed by atoms with E-state index in [-0.39, 0.29) is 22.8 Å². The van der Waals surface area contributed by atoms with E-state index in [0.717, 1.165) is 5.69 Å². The molecule has 0 radical (unpaired) electrons. The summed E-state index contributed by atoms with van der Waals surface area (Å²) in [6, 6.07) is 8.04. The summed E-state index contributed by atoms with van der Waals surface area (Å²) >= 11 is 1.38. The van der Waals surface area contributed by atoms with E-state index in [1.807, 2.05) is 17.0 Å². The van der Waals surface area contributed by atoms with Crippen LogP contribution in [0.3, 0.4) is 0 Å². The Morgan fingerprint density at radius 3 is 2.50 bits per heavy atom. The third kappa shape index (κ3) is 2.35. The van der Waals surface area contributed by atoms with Gasteiger partial charge in [-0.2, -0.15) is 0 Å². The molecule has 6 heteroatoms. The van der Waals surface area contributed by atoms with Crippen LogP contribution in [0.4, 0.5) is 5.69 Å². The summed E-state index contributed by atoms with van der Waals surface area (Å²) in [6.07, 6.45) is 0. The maximum Gasteiger partial charge on any atom is 0.161 e. The Balaban J connectivity index is 1.91. The lowest BCUT2D eigenvalue weighted by atomic mass is 10.0. The Morgan fingerprint density at radius 2 is 1.90 bits per heavy atom. The molecule has 1 N–H and O–H groups in total. The molecule has 20 heavy (non-hydrogen) atoms. The number of amidine groups is 1. The summed E-state index contributed by atoms with van der Waals surface area (Å²) in [6.45, 7) is 4.28. The second-order valence-corrected chi connectivity index (χ2v) is 9.10. The van der Waals surface area contributed by atoms with E-state index in [2.05, 4.69) is 26.0 Å². The monoisotopic (exact) mass is 310 g/mol. The fourth-order valence-electron chi connectivity index (χ4n) is 2.83. The van der Waals surface area contributed by atoms with E-state index in [1.165, 1.54) is 17.3 Å². The Morgan fingerprint density at radius 1 is 1.25 bits per heavy atom. The third-order valence-electron chi connectivity index (χ3n) is 3.92. The first-order chi connectivity index (χ1) is 9.37. The van der Waals surface area contributed by atoms with Gasteiger partial charge in [-0.05, 0) is 23.6 Å². The molecule has 3 rings (SSSR count). The maximum atomic E-state index is 11.8. The molecule has 2 heterocycles. The smallest absolute Gasteiger partial charge is 0.161 e. The Bertz CT molecular complexity index is 638. The molecule has 0 aromatic heterocycles. The van der Waals surface area contributed by atoms with Crippen molar-refractivity contribution in [1.29, 1.82) is 5.41 Å². The van der Waals surface area contributed by atoms with Crippen molar-refractivity contribution in [3.63, 3.8) is 0 Å². The molecule has 2 aliphatic heterocycles. The molecule has 4 nitrogen and oxygen atoms in total. The molecule has 1 aromatic carbocycles. The highest BCUT2D eigenvalue weighted by molar-refractivity contribution is 8.15. The minimum Gasteiger partial charge on any atom is -0.316 e. The summed E-state index contributed by atoms with van der Waals surface area (Å²) in [5.41, 5.74) is 2.18. The number of sulfone groups is 1. The van der Waals surface area contributed by atoms with Crippen molar-refractivity contribution < 1.29 is 8.42 Å². The summed E-state index contributed by atoms with van der Waals surface area (Å²) in [5.74, 6) is 0.834. The first-order valence-corrected chi connectivity index (χ1v) is 9.42. The standard InChI is InChI=1S/C14H18N2O2S2/c1-9(2)10-3-5-11(6-4-10)16-12-7-20(17,18)8-13(12)19-14(16)15/h3-6,9,12-13,15H,7-8H2,1-2H3. The SMILES string of the molecule is CC(C)c1ccc(N2C(=N)SC3CS(=O)(=O)CC32)cc1. The van der Waals surface area contributed by atoms with Crippen molar-refractivity contribution in [2.24, 2.45) is 0 Å². The molecular formula is C14H18N2O2S2. The molecule has 0 aliphatic carbocycles. The van der Waals surface area contributed by atoms with Gasteiger partial charge in [0.1, 0.15) is 0 Å². The molecule has 2 saturated heterocycles. The highest BCUT2D eigenvalue weighted by atomic mass is 32.2. The predicted molar refractivity (Wildman–Crippen MR) is 84.6 cm³/mol. The van der Waals surface area contributed by atoms with Crippen LogP contribution >= 0.6 is 11.8 Å². The van der Waals surface area contributed by atoms with Crippen LogP contribution in [-0.4, -0.2) is 36.4 Å². The fourth-order valence-corrected chi connectivity index (χ4v) is 6.62. The molecule has 1 aromatic rings. The lowest BCUT2D eigenvalue weighted by Gasteiger charge is -2.24. The molecule has 2 unspecified atom stereocenters. The van der Waals surface area contributed by atoms with Gasteiger partial charge in [0.05, 0.1) is 17.5 Å². The normalized spacial score (nSPS) is 28.1. The van der Waals surface area contributed by atoms with Crippen LogP contribution < -0.4 is 4.90 Å². The summed E-state index contributed by atoms with van der Waals surface area (Å²) in [4.78, 5) is 1.88. The topological polar surface area (TPSA) is 61.2 Å². The van der Waals surface area contributed by atoms with Crippen LogP contribution in [0.5, 0.6) is 0 Å². The second kappa shape index (κ2) is 4.77. The van der Waals surface area contributed by atoms with Gasteiger partial charge in [-0.1, -0.05) is 37.7 Å². The summed E-state index contributed by atoms with van der Waals surface area (Å²) in [5, 5.41) is 8.58. The van der Waals surface area contributed by atoms with Gasteiger partial charge in [0.25, 0.3) is 0 Å². The van der Waals surface area contributed by atoms with Crippen molar-refractivity contribution in [3.8, 4) is 0 Å². The quantitative estimate of drug-likeness (QED) is 0.911. The van der Waals surface area contributed by atoms with E-state index in [0.29, 0.717) is 11.1 Å². The van der Waals surface area contributed by atoms with Gasteiger partial charge in [-0.3, -0.25) is 5.41 Å². The van der Waals surface area contributed by atoms with E-state index >= 15 is 0 Å². The van der Waals surface area contributed by atoms with Gasteiger partial charge in [-0.15, -0.1) is 0 Å². The largest absolute Gasteiger partial charge is 0.316 e. The van der Waals surface area contributed by atoms with E-state index in [1.54, 1.807) is 0 Å². The zero-order chi connectivity index (χ0) is 14.5. The number of nitrogens with zero attached hydrogens (tertiary/aromatic N) is 1. The number of nitrogens with one attached hydrogen (secondary N) is 1. The van der Waals surface area contributed by atoms with E-state index in [9.17, 15) is 8.42 Å². The molecule has 2 fully saturated rings. The van der Waals surface area contributed by atoms with Crippen LogP contribution in [0.25, 0.3) is 0 Å². The number of fused-ring (bicyclic) bond motifs is 1. The average molecular weight is 310 g/mol. The first-order valence-electron chi connectivity index (χ1n) is 6.72. The summed E-state index contributed by atoms with van der Waals surface area (Å²) < 4.78 is 23.5. The molecule has 0 spiro atoms. The van der Waals surface area contributed by atoms with Crippen molar-refractivity contribution in [2.75, 3.05) is 16.4 Å². The van der Waals surface area contributed by atoms with Crippen LogP contribution in [0, 0.1) is 5.41 Å². The number of benzene rings is 1. The summed E-state index contributed by atoms with van der Waals surface area (Å²) in [7, 11) is -2.95. The second-order valence-electron chi connectivity index (χ2n) is 5.72. The molecule has 108 valence electrons. The number of hydrogen-bond acceptors (Lipinski definition) is 4. The first kappa shape index (κ1) is 13.9. The average Bonchev–Trinajstić information content (AvgIpc) is 2.79. The molecule has 2 atom stereocenters. The van der Waals surface area contributed by atoms with Crippen LogP contribution in [0.2, 0.25) is 0 Å². The van der Waals surface area contributed by atoms with Crippen LogP contribution in [-0.2, 0) is 9.84 Å². The molecule has 0 bridgehead atoms. The van der Waals surface area contributed by atoms with Crippen molar-refractivity contribution in [2.45, 2.75) is 31.1 Å². The number of thioether (sulfide) groups is 1.